The molecular formula is C16H23ClO. The van der Waals surface area contributed by atoms with Crippen molar-refractivity contribution < 1.29 is 4.74 Å². The summed E-state index contributed by atoms with van der Waals surface area (Å²) in [6.45, 7) is 3.11. The number of aryl methyl sites for hydroxylation is 1. The maximum absolute atomic E-state index is 6.47. The third-order valence-corrected chi connectivity index (χ3v) is 4.24. The van der Waals surface area contributed by atoms with E-state index in [1.54, 1.807) is 0 Å². The van der Waals surface area contributed by atoms with Crippen LogP contribution in [0, 0.1) is 0 Å². The van der Waals surface area contributed by atoms with Gasteiger partial charge in [0.05, 0.1) is 11.5 Å². The lowest BCUT2D eigenvalue weighted by Gasteiger charge is -2.23. The van der Waals surface area contributed by atoms with Crippen molar-refractivity contribution in [1.29, 1.82) is 0 Å². The number of hydrogen-bond donors (Lipinski definition) is 0. The van der Waals surface area contributed by atoms with Gasteiger partial charge in [-0.2, -0.15) is 0 Å². The Labute approximate surface area is 115 Å². The molecule has 1 aromatic carbocycles. The second-order valence-electron chi connectivity index (χ2n) is 5.13. The molecule has 1 heterocycles. The van der Waals surface area contributed by atoms with Gasteiger partial charge in [-0.05, 0) is 49.7 Å². The summed E-state index contributed by atoms with van der Waals surface area (Å²) in [5.41, 5.74) is 2.61. The second-order valence-corrected chi connectivity index (χ2v) is 5.66. The molecule has 2 heteroatoms. The van der Waals surface area contributed by atoms with Gasteiger partial charge in [-0.15, -0.1) is 11.6 Å². The predicted octanol–water partition coefficient (Wildman–Crippen LogP) is 4.88. The molecule has 2 atom stereocenters. The first-order valence-corrected chi connectivity index (χ1v) is 7.57. The third kappa shape index (κ3) is 4.00. The van der Waals surface area contributed by atoms with E-state index in [2.05, 4.69) is 31.2 Å². The van der Waals surface area contributed by atoms with E-state index in [4.69, 9.17) is 16.3 Å². The van der Waals surface area contributed by atoms with Gasteiger partial charge < -0.3 is 4.74 Å². The van der Waals surface area contributed by atoms with E-state index in [1.807, 2.05) is 0 Å². The molecule has 2 unspecified atom stereocenters. The van der Waals surface area contributed by atoms with E-state index in [1.165, 1.54) is 30.4 Å². The van der Waals surface area contributed by atoms with Crippen molar-refractivity contribution in [2.24, 2.45) is 0 Å². The van der Waals surface area contributed by atoms with E-state index in [9.17, 15) is 0 Å². The molecule has 0 saturated carbocycles. The molecule has 100 valence electrons. The molecule has 1 aliphatic rings. The Hall–Kier alpha value is -0.530. The highest BCUT2D eigenvalue weighted by molar-refractivity contribution is 6.20. The standard InChI is InChI=1S/C16H23ClO/c1-2-13-6-8-14(9-7-13)16(17)11-10-15-5-3-4-12-18-15/h6-9,15-16H,2-5,10-12H2,1H3. The van der Waals surface area contributed by atoms with Crippen LogP contribution in [0.2, 0.25) is 0 Å². The van der Waals surface area contributed by atoms with Crippen LogP contribution in [0.15, 0.2) is 24.3 Å². The highest BCUT2D eigenvalue weighted by Gasteiger charge is 2.16. The van der Waals surface area contributed by atoms with Crippen LogP contribution in [-0.2, 0) is 11.2 Å². The zero-order chi connectivity index (χ0) is 12.8. The molecule has 0 bridgehead atoms. The number of benzene rings is 1. The van der Waals surface area contributed by atoms with Crippen molar-refractivity contribution in [3.8, 4) is 0 Å². The average molecular weight is 267 g/mol. The Morgan fingerprint density at radius 1 is 1.28 bits per heavy atom. The van der Waals surface area contributed by atoms with Crippen molar-refractivity contribution >= 4 is 11.6 Å². The highest BCUT2D eigenvalue weighted by Crippen LogP contribution is 2.28. The quantitative estimate of drug-likeness (QED) is 0.691. The van der Waals surface area contributed by atoms with E-state index in [0.717, 1.165) is 25.9 Å². The largest absolute Gasteiger partial charge is 0.378 e. The monoisotopic (exact) mass is 266 g/mol. The van der Waals surface area contributed by atoms with Gasteiger partial charge in [-0.3, -0.25) is 0 Å². The molecule has 0 aliphatic carbocycles. The van der Waals surface area contributed by atoms with Crippen LogP contribution >= 0.6 is 11.6 Å². The molecule has 1 aromatic rings. The Bertz CT molecular complexity index is 341. The Morgan fingerprint density at radius 3 is 2.67 bits per heavy atom. The van der Waals surface area contributed by atoms with Crippen LogP contribution in [0.25, 0.3) is 0 Å². The summed E-state index contributed by atoms with van der Waals surface area (Å²) in [6, 6.07) is 8.69. The van der Waals surface area contributed by atoms with Crippen LogP contribution in [-0.4, -0.2) is 12.7 Å². The van der Waals surface area contributed by atoms with Crippen molar-refractivity contribution in [3.05, 3.63) is 35.4 Å². The fourth-order valence-corrected chi connectivity index (χ4v) is 2.77. The smallest absolute Gasteiger partial charge is 0.0586 e. The zero-order valence-electron chi connectivity index (χ0n) is 11.2. The molecule has 1 saturated heterocycles. The van der Waals surface area contributed by atoms with Crippen LogP contribution in [0.1, 0.15) is 55.5 Å². The lowest BCUT2D eigenvalue weighted by Crippen LogP contribution is -2.19. The van der Waals surface area contributed by atoms with Crippen LogP contribution in [0.4, 0.5) is 0 Å². The van der Waals surface area contributed by atoms with Gasteiger partial charge >= 0.3 is 0 Å². The topological polar surface area (TPSA) is 9.23 Å². The molecule has 0 aromatic heterocycles. The summed E-state index contributed by atoms with van der Waals surface area (Å²) in [5.74, 6) is 0. The van der Waals surface area contributed by atoms with E-state index in [-0.39, 0.29) is 5.38 Å². The van der Waals surface area contributed by atoms with Crippen molar-refractivity contribution in [2.75, 3.05) is 6.61 Å². The summed E-state index contributed by atoms with van der Waals surface area (Å²) in [4.78, 5) is 0. The number of hydrogen-bond acceptors (Lipinski definition) is 1. The lowest BCUT2D eigenvalue weighted by atomic mass is 10.00. The van der Waals surface area contributed by atoms with Gasteiger partial charge in [-0.1, -0.05) is 31.2 Å². The number of alkyl halides is 1. The molecule has 0 N–H and O–H groups in total. The normalized spacial score (nSPS) is 21.8. The van der Waals surface area contributed by atoms with Gasteiger partial charge in [0, 0.05) is 6.61 Å². The van der Waals surface area contributed by atoms with Crippen LogP contribution in [0.3, 0.4) is 0 Å². The van der Waals surface area contributed by atoms with E-state index >= 15 is 0 Å². The van der Waals surface area contributed by atoms with Gasteiger partial charge in [0.2, 0.25) is 0 Å². The van der Waals surface area contributed by atoms with Gasteiger partial charge in [0.15, 0.2) is 0 Å². The summed E-state index contributed by atoms with van der Waals surface area (Å²) in [5, 5.41) is 0.126. The molecule has 0 radical (unpaired) electrons. The molecule has 2 rings (SSSR count). The minimum Gasteiger partial charge on any atom is -0.378 e. The second kappa shape index (κ2) is 7.16. The van der Waals surface area contributed by atoms with Gasteiger partial charge in [0.1, 0.15) is 0 Å². The maximum Gasteiger partial charge on any atom is 0.0586 e. The molecular weight excluding hydrogens is 244 g/mol. The van der Waals surface area contributed by atoms with Crippen molar-refractivity contribution in [3.63, 3.8) is 0 Å². The SMILES string of the molecule is CCc1ccc(C(Cl)CCC2CCCCO2)cc1. The molecule has 1 nitrogen and oxygen atoms in total. The first-order chi connectivity index (χ1) is 8.79. The lowest BCUT2D eigenvalue weighted by molar-refractivity contribution is 0.0100. The molecule has 1 aliphatic heterocycles. The number of ether oxygens (including phenoxy) is 1. The van der Waals surface area contributed by atoms with Crippen LogP contribution < -0.4 is 0 Å². The Balaban J connectivity index is 1.80. The predicted molar refractivity (Wildman–Crippen MR) is 77.2 cm³/mol. The molecule has 0 amide bonds. The maximum atomic E-state index is 6.47. The Morgan fingerprint density at radius 2 is 2.06 bits per heavy atom. The first kappa shape index (κ1) is 13.9. The van der Waals surface area contributed by atoms with E-state index in [0.29, 0.717) is 6.10 Å². The fraction of sp³-hybridized carbons (Fsp3) is 0.625. The third-order valence-electron chi connectivity index (χ3n) is 3.77. The van der Waals surface area contributed by atoms with Crippen LogP contribution in [0.5, 0.6) is 0 Å². The fourth-order valence-electron chi connectivity index (χ4n) is 2.50. The number of rotatable bonds is 5. The zero-order valence-corrected chi connectivity index (χ0v) is 12.0. The molecule has 0 spiro atoms. The highest BCUT2D eigenvalue weighted by atomic mass is 35.5. The minimum absolute atomic E-state index is 0.126. The Kier molecular flexibility index (Phi) is 5.52. The first-order valence-electron chi connectivity index (χ1n) is 7.14. The number of halogens is 1. The van der Waals surface area contributed by atoms with E-state index < -0.39 is 0 Å². The summed E-state index contributed by atoms with van der Waals surface area (Å²) in [7, 11) is 0. The summed E-state index contributed by atoms with van der Waals surface area (Å²) >= 11 is 6.47. The van der Waals surface area contributed by atoms with Crippen molar-refractivity contribution in [1.82, 2.24) is 0 Å². The molecule has 1 fully saturated rings. The summed E-state index contributed by atoms with van der Waals surface area (Å²) < 4.78 is 5.74. The van der Waals surface area contributed by atoms with Gasteiger partial charge in [-0.25, -0.2) is 0 Å². The molecule has 18 heavy (non-hydrogen) atoms. The average Bonchev–Trinajstić information content (AvgIpc) is 2.46. The van der Waals surface area contributed by atoms with Crippen molar-refractivity contribution in [2.45, 2.75) is 56.9 Å². The van der Waals surface area contributed by atoms with Gasteiger partial charge in [0.25, 0.3) is 0 Å². The summed E-state index contributed by atoms with van der Waals surface area (Å²) in [6.07, 6.45) is 7.36. The minimum atomic E-state index is 0.126.